The summed E-state index contributed by atoms with van der Waals surface area (Å²) in [5.41, 5.74) is 2.19. The van der Waals surface area contributed by atoms with Crippen LogP contribution in [0.5, 0.6) is 11.5 Å². The molecule has 0 amide bonds. The minimum absolute atomic E-state index is 0.0181. The largest absolute Gasteiger partial charge is 0.504 e. The zero-order chi connectivity index (χ0) is 11.7. The Kier molecular flexibility index (Phi) is 2.83. The molecule has 0 saturated heterocycles. The third kappa shape index (κ3) is 2.02. The van der Waals surface area contributed by atoms with Gasteiger partial charge in [-0.15, -0.1) is 0 Å². The highest BCUT2D eigenvalue weighted by atomic mass is 16.5. The number of hydrogen-bond donors (Lipinski definition) is 2. The third-order valence-corrected chi connectivity index (χ3v) is 2.79. The van der Waals surface area contributed by atoms with Gasteiger partial charge in [-0.1, -0.05) is 0 Å². The molecule has 0 fully saturated rings. The summed E-state index contributed by atoms with van der Waals surface area (Å²) in [5.74, 6) is -0.151. The Morgan fingerprint density at radius 2 is 2.31 bits per heavy atom. The summed E-state index contributed by atoms with van der Waals surface area (Å²) in [5, 5.41) is 13.0. The van der Waals surface area contributed by atoms with Gasteiger partial charge >= 0.3 is 5.97 Å². The lowest BCUT2D eigenvalue weighted by atomic mass is 9.95. The number of hydrogen-bond acceptors (Lipinski definition) is 4. The molecule has 1 atom stereocenters. The average Bonchev–Trinajstić information content (AvgIpc) is 2.20. The van der Waals surface area contributed by atoms with E-state index in [2.05, 4.69) is 5.32 Å². The lowest BCUT2D eigenvalue weighted by Crippen LogP contribution is -2.27. The number of benzene rings is 1. The minimum atomic E-state index is -0.419. The molecule has 2 N–H and O–H groups in total. The Morgan fingerprint density at radius 1 is 1.56 bits per heavy atom. The molecule has 1 heterocycles. The zero-order valence-electron chi connectivity index (χ0n) is 9.41. The van der Waals surface area contributed by atoms with E-state index in [9.17, 15) is 9.90 Å². The van der Waals surface area contributed by atoms with Crippen LogP contribution < -0.4 is 10.1 Å². The van der Waals surface area contributed by atoms with Gasteiger partial charge in [-0.2, -0.15) is 0 Å². The Morgan fingerprint density at radius 3 is 3.00 bits per heavy atom. The molecule has 0 spiro atoms. The maximum absolute atomic E-state index is 10.9. The number of rotatable bonds is 1. The Labute approximate surface area is 94.2 Å². The van der Waals surface area contributed by atoms with Gasteiger partial charge < -0.3 is 15.2 Å². The number of esters is 1. The molecule has 1 aromatic carbocycles. The van der Waals surface area contributed by atoms with Crippen LogP contribution in [-0.4, -0.2) is 17.6 Å². The quantitative estimate of drug-likeness (QED) is 0.557. The van der Waals surface area contributed by atoms with Gasteiger partial charge in [-0.05, 0) is 43.1 Å². The first kappa shape index (κ1) is 11.0. The second kappa shape index (κ2) is 4.14. The van der Waals surface area contributed by atoms with Crippen LogP contribution in [0.25, 0.3) is 0 Å². The van der Waals surface area contributed by atoms with Crippen molar-refractivity contribution >= 4 is 5.97 Å². The molecule has 2 rings (SSSR count). The van der Waals surface area contributed by atoms with Crippen LogP contribution in [0.4, 0.5) is 0 Å². The van der Waals surface area contributed by atoms with Gasteiger partial charge in [0.15, 0.2) is 11.5 Å². The fraction of sp³-hybridized carbons (Fsp3) is 0.417. The van der Waals surface area contributed by atoms with Crippen molar-refractivity contribution < 1.29 is 14.6 Å². The van der Waals surface area contributed by atoms with Crippen molar-refractivity contribution in [2.45, 2.75) is 26.3 Å². The zero-order valence-corrected chi connectivity index (χ0v) is 9.41. The monoisotopic (exact) mass is 221 g/mol. The van der Waals surface area contributed by atoms with Gasteiger partial charge in [0.05, 0.1) is 0 Å². The van der Waals surface area contributed by atoms with Crippen LogP contribution in [0.2, 0.25) is 0 Å². The number of nitrogens with one attached hydrogen (secondary N) is 1. The van der Waals surface area contributed by atoms with Crippen LogP contribution in [0, 0.1) is 0 Å². The van der Waals surface area contributed by atoms with Crippen molar-refractivity contribution in [1.29, 1.82) is 0 Å². The van der Waals surface area contributed by atoms with Crippen LogP contribution in [0.3, 0.4) is 0 Å². The van der Waals surface area contributed by atoms with Crippen molar-refractivity contribution in [2.24, 2.45) is 0 Å². The lowest BCUT2D eigenvalue weighted by molar-refractivity contribution is -0.132. The number of aromatic hydroxyl groups is 1. The molecule has 0 unspecified atom stereocenters. The molecule has 0 saturated carbocycles. The molecule has 0 aromatic heterocycles. The fourth-order valence-corrected chi connectivity index (χ4v) is 2.02. The highest BCUT2D eigenvalue weighted by Gasteiger charge is 2.19. The maximum Gasteiger partial charge on any atom is 0.308 e. The molecule has 0 radical (unpaired) electrons. The topological polar surface area (TPSA) is 58.6 Å². The van der Waals surface area contributed by atoms with Crippen molar-refractivity contribution in [3.05, 3.63) is 23.3 Å². The van der Waals surface area contributed by atoms with Gasteiger partial charge in [-0.3, -0.25) is 4.79 Å². The van der Waals surface area contributed by atoms with Crippen LogP contribution >= 0.6 is 0 Å². The molecule has 86 valence electrons. The molecule has 16 heavy (non-hydrogen) atoms. The van der Waals surface area contributed by atoms with E-state index in [1.807, 2.05) is 6.92 Å². The Hall–Kier alpha value is -1.55. The SMILES string of the molecule is CC(=O)Oc1cc2c(cc1O)[C@H](C)NCC2. The van der Waals surface area contributed by atoms with Gasteiger partial charge in [0, 0.05) is 13.0 Å². The summed E-state index contributed by atoms with van der Waals surface area (Å²) in [6.07, 6.45) is 0.883. The number of fused-ring (bicyclic) bond motifs is 1. The van der Waals surface area contributed by atoms with E-state index in [0.29, 0.717) is 0 Å². The molecular weight excluding hydrogens is 206 g/mol. The summed E-state index contributed by atoms with van der Waals surface area (Å²) in [6.45, 7) is 4.27. The highest BCUT2D eigenvalue weighted by Crippen LogP contribution is 2.34. The predicted molar refractivity (Wildman–Crippen MR) is 59.5 cm³/mol. The average molecular weight is 221 g/mol. The maximum atomic E-state index is 10.9. The van der Waals surface area contributed by atoms with E-state index in [1.165, 1.54) is 6.92 Å². The molecule has 4 heteroatoms. The molecule has 4 nitrogen and oxygen atoms in total. The summed E-state index contributed by atoms with van der Waals surface area (Å²) >= 11 is 0. The van der Waals surface area contributed by atoms with Crippen LogP contribution in [0.1, 0.15) is 31.0 Å². The molecule has 0 aliphatic carbocycles. The van der Waals surface area contributed by atoms with Crippen molar-refractivity contribution in [3.8, 4) is 11.5 Å². The van der Waals surface area contributed by atoms with E-state index in [4.69, 9.17) is 4.74 Å². The summed E-state index contributed by atoms with van der Waals surface area (Å²) in [6, 6.07) is 3.65. The van der Waals surface area contributed by atoms with Gasteiger partial charge in [0.25, 0.3) is 0 Å². The second-order valence-electron chi connectivity index (χ2n) is 4.04. The van der Waals surface area contributed by atoms with Gasteiger partial charge in [-0.25, -0.2) is 0 Å². The molecule has 0 bridgehead atoms. The minimum Gasteiger partial charge on any atom is -0.504 e. The number of phenols is 1. The summed E-state index contributed by atoms with van der Waals surface area (Å²) in [7, 11) is 0. The Balaban J connectivity index is 2.40. The number of phenolic OH excluding ortho intramolecular Hbond substituents is 1. The summed E-state index contributed by atoms with van der Waals surface area (Å²) < 4.78 is 4.94. The second-order valence-corrected chi connectivity index (χ2v) is 4.04. The number of ether oxygens (including phenoxy) is 1. The van der Waals surface area contributed by atoms with E-state index in [1.54, 1.807) is 12.1 Å². The lowest BCUT2D eigenvalue weighted by Gasteiger charge is -2.24. The number of carbonyl (C=O) groups is 1. The van der Waals surface area contributed by atoms with E-state index >= 15 is 0 Å². The van der Waals surface area contributed by atoms with Crippen molar-refractivity contribution in [2.75, 3.05) is 6.54 Å². The fourth-order valence-electron chi connectivity index (χ4n) is 2.02. The summed E-state index contributed by atoms with van der Waals surface area (Å²) in [4.78, 5) is 10.9. The highest BCUT2D eigenvalue weighted by molar-refractivity contribution is 5.70. The smallest absolute Gasteiger partial charge is 0.308 e. The Bertz CT molecular complexity index is 429. The standard InChI is InChI=1S/C12H15NO3/c1-7-10-6-11(15)12(16-8(2)14)5-9(10)3-4-13-7/h5-7,13,15H,3-4H2,1-2H3/t7-/m0/s1. The first-order valence-electron chi connectivity index (χ1n) is 5.35. The van der Waals surface area contributed by atoms with E-state index < -0.39 is 5.97 Å². The van der Waals surface area contributed by atoms with Crippen molar-refractivity contribution in [1.82, 2.24) is 5.32 Å². The van der Waals surface area contributed by atoms with Crippen LogP contribution in [0.15, 0.2) is 12.1 Å². The molecule has 1 aromatic rings. The van der Waals surface area contributed by atoms with Crippen molar-refractivity contribution in [3.63, 3.8) is 0 Å². The normalized spacial score (nSPS) is 19.0. The van der Waals surface area contributed by atoms with E-state index in [0.717, 1.165) is 24.1 Å². The van der Waals surface area contributed by atoms with Gasteiger partial charge in [0.2, 0.25) is 0 Å². The van der Waals surface area contributed by atoms with Gasteiger partial charge in [0.1, 0.15) is 0 Å². The number of carbonyl (C=O) groups excluding carboxylic acids is 1. The predicted octanol–water partition coefficient (Wildman–Crippen LogP) is 1.52. The first-order chi connectivity index (χ1) is 7.58. The molecule has 1 aliphatic heterocycles. The van der Waals surface area contributed by atoms with Crippen LogP contribution in [-0.2, 0) is 11.2 Å². The molecular formula is C12H15NO3. The molecule has 1 aliphatic rings. The third-order valence-electron chi connectivity index (χ3n) is 2.79. The first-order valence-corrected chi connectivity index (χ1v) is 5.35. The van der Waals surface area contributed by atoms with E-state index in [-0.39, 0.29) is 17.5 Å².